The van der Waals surface area contributed by atoms with Gasteiger partial charge in [-0.25, -0.2) is 5.90 Å². The van der Waals surface area contributed by atoms with Crippen molar-refractivity contribution in [2.45, 2.75) is 0 Å². The molecule has 0 saturated heterocycles. The van der Waals surface area contributed by atoms with Crippen molar-refractivity contribution in [3.05, 3.63) is 0 Å². The van der Waals surface area contributed by atoms with Gasteiger partial charge >= 0.3 is 50.5 Å². The predicted octanol–water partition coefficient (Wildman–Crippen LogP) is -1.89. The summed E-state index contributed by atoms with van der Waals surface area (Å²) in [6.45, 7) is 0. The van der Waals surface area contributed by atoms with Crippen LogP contribution in [0.3, 0.4) is 0 Å². The van der Waals surface area contributed by atoms with Crippen LogP contribution in [0.5, 0.6) is 0 Å². The number of rotatable bonds is 0. The molecule has 0 fully saturated rings. The van der Waals surface area contributed by atoms with Crippen molar-refractivity contribution in [3.8, 4) is 0 Å². The molecule has 5 heteroatoms. The molecule has 0 aliphatic heterocycles. The summed E-state index contributed by atoms with van der Waals surface area (Å²) in [5, 5.41) is 6.50. The summed E-state index contributed by atoms with van der Waals surface area (Å²) in [4.78, 5) is 0. The molecule has 0 aromatic rings. The van der Waals surface area contributed by atoms with Crippen molar-refractivity contribution >= 4 is 37.2 Å². The van der Waals surface area contributed by atoms with Gasteiger partial charge in [-0.05, 0) is 0 Å². The van der Waals surface area contributed by atoms with Gasteiger partial charge in [0.1, 0.15) is 0 Å². The molecule has 0 aromatic heterocycles. The Labute approximate surface area is 60.5 Å². The molecule has 36 valence electrons. The van der Waals surface area contributed by atoms with E-state index in [-0.39, 0.29) is 0 Å². The van der Waals surface area contributed by atoms with Crippen LogP contribution >= 0.6 is 37.2 Å². The molecular weight excluding hydrogens is 411 g/mol. The molecule has 0 saturated carbocycles. The van der Waals surface area contributed by atoms with Gasteiger partial charge in [0.2, 0.25) is 0 Å². The Bertz CT molecular complexity index is 6.85. The van der Waals surface area contributed by atoms with Crippen LogP contribution in [0, 0.1) is 0 Å². The van der Waals surface area contributed by atoms with E-state index >= 15 is 0 Å². The summed E-state index contributed by atoms with van der Waals surface area (Å²) in [6.07, 6.45) is 0. The van der Waals surface area contributed by atoms with Crippen LogP contribution in [0.1, 0.15) is 0 Å². The zero-order valence-corrected chi connectivity index (χ0v) is 8.63. The van der Waals surface area contributed by atoms with Gasteiger partial charge in [-0.3, -0.25) is 0 Å². The Hall–Kier alpha value is 2.11. The summed E-state index contributed by atoms with van der Waals surface area (Å²) in [5.74, 6) is 3.50. The van der Waals surface area contributed by atoms with E-state index in [0.717, 1.165) is 0 Å². The van der Waals surface area contributed by atoms with E-state index in [1.54, 1.807) is 0 Å². The third kappa shape index (κ3) is 23.2. The zero-order chi connectivity index (χ0) is 4.71. The van der Waals surface area contributed by atoms with E-state index in [1.165, 1.54) is 0 Å². The Kier molecular flexibility index (Phi) is 33.5. The number of hydrogen-bond acceptors (Lipinski definition) is 2. The van der Waals surface area contributed by atoms with Crippen LogP contribution in [0.2, 0.25) is 0 Å². The van der Waals surface area contributed by atoms with Gasteiger partial charge in [0.25, 0.3) is 0 Å². The molecule has 0 atom stereocenters. The van der Waals surface area contributed by atoms with Crippen LogP contribution in [0.15, 0.2) is 0 Å². The van der Waals surface area contributed by atoms with Crippen LogP contribution in [0.4, 0.5) is 0 Å². The zero-order valence-electron chi connectivity index (χ0n) is 2.16. The van der Waals surface area contributed by atoms with Gasteiger partial charge in [0.05, 0.1) is 0 Å². The summed E-state index contributed by atoms with van der Waals surface area (Å²) >= 11 is 5.30. The number of hydrogen-bond donors (Lipinski definition) is 2. The van der Waals surface area contributed by atoms with Crippen LogP contribution < -0.4 is 19.2 Å². The average Bonchev–Trinajstić information content (AvgIpc) is 1.46. The topological polar surface area (TPSA) is 46.2 Å². The molecule has 2 nitrogen and oxygen atoms in total. The Morgan fingerprint density at radius 2 is 1.40 bits per heavy atom. The maximum absolute atomic E-state index is 6.50. The first-order chi connectivity index (χ1) is 2.41. The monoisotopic (exact) mass is 414 g/mol. The maximum Gasteiger partial charge on any atom is -0.219 e. The molecule has 0 rings (SSSR count). The molecule has 0 heterocycles. The van der Waals surface area contributed by atoms with E-state index < -0.39 is 0 Å². The quantitative estimate of drug-likeness (QED) is 0.360. The first-order valence-corrected chi connectivity index (χ1v) is 13.1. The Morgan fingerprint density at radius 1 is 1.40 bits per heavy atom. The Balaban J connectivity index is 0. The first-order valence-electron chi connectivity index (χ1n) is 0.544. The molecule has 5 heavy (non-hydrogen) atoms. The second-order valence-corrected chi connectivity index (χ2v) is 16.3. The minimum Gasteiger partial charge on any atom is -0.320 e. The van der Waals surface area contributed by atoms with Gasteiger partial charge < -0.3 is 5.21 Å². The third-order valence-corrected chi connectivity index (χ3v) is 0. The van der Waals surface area contributed by atoms with Crippen molar-refractivity contribution in [1.29, 1.82) is 0 Å². The van der Waals surface area contributed by atoms with Crippen molar-refractivity contribution in [2.75, 3.05) is 0 Å². The first kappa shape index (κ1) is 10.2. The molecule has 0 spiro atoms. The third-order valence-electron chi connectivity index (χ3n) is 0. The molecule has 0 bridgehead atoms. The second-order valence-electron chi connectivity index (χ2n) is 0.0540. The van der Waals surface area contributed by atoms with Crippen molar-refractivity contribution in [3.63, 3.8) is 0 Å². The molecule has 0 aliphatic carbocycles. The second kappa shape index (κ2) is 16.5. The minimum absolute atomic E-state index is 0.530. The van der Waals surface area contributed by atoms with Gasteiger partial charge in [-0.2, -0.15) is 0 Å². The fourth-order valence-electron chi connectivity index (χ4n) is 0. The molecule has 0 aromatic carbocycles. The van der Waals surface area contributed by atoms with Crippen molar-refractivity contribution < 1.29 is 18.5 Å². The molecule has 0 radical (unpaired) electrons. The largest absolute Gasteiger partial charge is 0.320 e. The number of halogens is 3. The average molecular weight is 414 g/mol. The standard InChI is InChI=1S/I3.H3NO/c1-3-2;1-2/h;2H,1H2/q-1;. The normalized spacial score (nSPS) is 5.60. The number of nitrogens with two attached hydrogens (primary N) is 1. The van der Waals surface area contributed by atoms with Gasteiger partial charge in [-0.1, -0.05) is 0 Å². The summed E-state index contributed by atoms with van der Waals surface area (Å²) in [5.41, 5.74) is 0. The van der Waals surface area contributed by atoms with Gasteiger partial charge in [0, 0.05) is 0 Å². The summed E-state index contributed by atoms with van der Waals surface area (Å²) in [7, 11) is 0. The van der Waals surface area contributed by atoms with E-state index in [2.05, 4.69) is 43.1 Å². The van der Waals surface area contributed by atoms with Crippen LogP contribution in [-0.4, -0.2) is 5.21 Å². The molecule has 0 amide bonds. The van der Waals surface area contributed by atoms with E-state index in [9.17, 15) is 0 Å². The smallest absolute Gasteiger partial charge is 0.219 e. The van der Waals surface area contributed by atoms with Crippen molar-refractivity contribution in [2.24, 2.45) is 5.90 Å². The summed E-state index contributed by atoms with van der Waals surface area (Å²) in [6, 6.07) is 0. The molecular formula is H3I3NO-. The van der Waals surface area contributed by atoms with E-state index in [0.29, 0.717) is 13.3 Å². The maximum atomic E-state index is 6.50. The van der Waals surface area contributed by atoms with Crippen LogP contribution in [-0.2, 0) is 0 Å². The molecule has 3 N–H and O–H groups in total. The minimum atomic E-state index is 0.530. The van der Waals surface area contributed by atoms with Crippen LogP contribution in [0.25, 0.3) is 0 Å². The Morgan fingerprint density at radius 3 is 1.40 bits per heavy atom. The summed E-state index contributed by atoms with van der Waals surface area (Å²) < 4.78 is 0. The van der Waals surface area contributed by atoms with E-state index in [1.807, 2.05) is 0 Å². The fraction of sp³-hybridized carbons (Fsp3) is 0. The molecule has 0 unspecified atom stereocenters. The van der Waals surface area contributed by atoms with E-state index in [4.69, 9.17) is 5.21 Å². The van der Waals surface area contributed by atoms with Crippen molar-refractivity contribution in [1.82, 2.24) is 0 Å². The molecule has 0 aliphatic rings. The predicted molar refractivity (Wildman–Crippen MR) is 34.0 cm³/mol. The SMILES string of the molecule is I[I-]I.NO. The van der Waals surface area contributed by atoms with Gasteiger partial charge in [-0.15, -0.1) is 0 Å². The fourth-order valence-corrected chi connectivity index (χ4v) is 0. The van der Waals surface area contributed by atoms with Gasteiger partial charge in [0.15, 0.2) is 0 Å².